The zero-order valence-corrected chi connectivity index (χ0v) is 13.4. The zero-order chi connectivity index (χ0) is 13.8. The molecular weight excluding hydrogens is 306 g/mol. The van der Waals surface area contributed by atoms with Crippen LogP contribution in [0.25, 0.3) is 10.1 Å². The van der Waals surface area contributed by atoms with Gasteiger partial charge in [-0.1, -0.05) is 18.2 Å². The van der Waals surface area contributed by atoms with Crippen molar-refractivity contribution in [1.82, 2.24) is 15.5 Å². The Balaban J connectivity index is 0.00000161. The summed E-state index contributed by atoms with van der Waals surface area (Å²) in [5, 5.41) is 9.36. The summed E-state index contributed by atoms with van der Waals surface area (Å²) >= 11 is 1.62. The van der Waals surface area contributed by atoms with Gasteiger partial charge in [0.05, 0.1) is 5.56 Å². The maximum atomic E-state index is 12.2. The molecule has 0 bridgehead atoms. The van der Waals surface area contributed by atoms with E-state index in [-0.39, 0.29) is 18.3 Å². The number of nitrogens with zero attached hydrogens (tertiary/aromatic N) is 1. The molecule has 1 aromatic heterocycles. The van der Waals surface area contributed by atoms with Crippen LogP contribution in [-0.2, 0) is 0 Å². The van der Waals surface area contributed by atoms with Gasteiger partial charge in [0, 0.05) is 54.7 Å². The highest BCUT2D eigenvalue weighted by Gasteiger charge is 2.13. The topological polar surface area (TPSA) is 44.4 Å². The number of thiophene rings is 1. The van der Waals surface area contributed by atoms with Gasteiger partial charge in [-0.2, -0.15) is 0 Å². The molecule has 2 heterocycles. The number of fused-ring (bicyclic) bond motifs is 1. The van der Waals surface area contributed by atoms with Crippen LogP contribution in [0.15, 0.2) is 29.6 Å². The number of hydrogen-bond acceptors (Lipinski definition) is 4. The molecule has 6 heteroatoms. The van der Waals surface area contributed by atoms with Crippen molar-refractivity contribution in [2.24, 2.45) is 0 Å². The summed E-state index contributed by atoms with van der Waals surface area (Å²) in [5.41, 5.74) is 0.797. The Hall–Kier alpha value is -1.14. The van der Waals surface area contributed by atoms with E-state index in [4.69, 9.17) is 0 Å². The SMILES string of the molecule is Cl.O=C(NCCN1CCNCC1)c1csc2ccccc12. The van der Waals surface area contributed by atoms with Crippen molar-refractivity contribution in [2.45, 2.75) is 0 Å². The average molecular weight is 326 g/mol. The quantitative estimate of drug-likeness (QED) is 0.903. The van der Waals surface area contributed by atoms with Crippen LogP contribution in [0.3, 0.4) is 0 Å². The van der Waals surface area contributed by atoms with Crippen molar-refractivity contribution < 1.29 is 4.79 Å². The van der Waals surface area contributed by atoms with Crippen LogP contribution in [0.1, 0.15) is 10.4 Å². The van der Waals surface area contributed by atoms with Gasteiger partial charge in [-0.25, -0.2) is 0 Å². The third-order valence-electron chi connectivity index (χ3n) is 3.65. The largest absolute Gasteiger partial charge is 0.351 e. The standard InChI is InChI=1S/C15H19N3OS.ClH/c19-15(17-7-10-18-8-5-16-6-9-18)13-11-20-14-4-2-1-3-12(13)14;/h1-4,11,16H,5-10H2,(H,17,19);1H. The van der Waals surface area contributed by atoms with E-state index in [1.807, 2.05) is 23.6 Å². The van der Waals surface area contributed by atoms with Crippen molar-refractivity contribution in [1.29, 1.82) is 0 Å². The summed E-state index contributed by atoms with van der Waals surface area (Å²) in [4.78, 5) is 14.6. The van der Waals surface area contributed by atoms with Gasteiger partial charge in [0.25, 0.3) is 5.91 Å². The van der Waals surface area contributed by atoms with E-state index < -0.39 is 0 Å². The fourth-order valence-corrected chi connectivity index (χ4v) is 3.45. The highest BCUT2D eigenvalue weighted by atomic mass is 35.5. The Labute approximate surface area is 134 Å². The van der Waals surface area contributed by atoms with E-state index >= 15 is 0 Å². The van der Waals surface area contributed by atoms with Crippen LogP contribution in [0.4, 0.5) is 0 Å². The molecule has 1 aliphatic rings. The molecular formula is C15H20ClN3OS. The molecule has 0 saturated carbocycles. The van der Waals surface area contributed by atoms with Crippen LogP contribution >= 0.6 is 23.7 Å². The number of piperazine rings is 1. The first-order chi connectivity index (χ1) is 9.84. The molecule has 0 atom stereocenters. The molecule has 1 saturated heterocycles. The summed E-state index contributed by atoms with van der Waals surface area (Å²) in [6.07, 6.45) is 0. The van der Waals surface area contributed by atoms with E-state index in [0.29, 0.717) is 6.54 Å². The van der Waals surface area contributed by atoms with Gasteiger partial charge >= 0.3 is 0 Å². The van der Waals surface area contributed by atoms with Gasteiger partial charge in [0.15, 0.2) is 0 Å². The second kappa shape index (κ2) is 7.75. The molecule has 1 amide bonds. The lowest BCUT2D eigenvalue weighted by atomic mass is 10.1. The van der Waals surface area contributed by atoms with E-state index in [1.165, 1.54) is 4.70 Å². The Kier molecular flexibility index (Phi) is 5.99. The lowest BCUT2D eigenvalue weighted by molar-refractivity contribution is 0.0949. The minimum absolute atomic E-state index is 0. The number of rotatable bonds is 4. The number of amides is 1. The van der Waals surface area contributed by atoms with Crippen molar-refractivity contribution in [3.63, 3.8) is 0 Å². The molecule has 2 N–H and O–H groups in total. The minimum Gasteiger partial charge on any atom is -0.351 e. The molecule has 3 rings (SSSR count). The molecule has 4 nitrogen and oxygen atoms in total. The fraction of sp³-hybridized carbons (Fsp3) is 0.400. The van der Waals surface area contributed by atoms with Crippen molar-refractivity contribution in [2.75, 3.05) is 39.3 Å². The smallest absolute Gasteiger partial charge is 0.252 e. The number of carbonyl (C=O) groups excluding carboxylic acids is 1. The van der Waals surface area contributed by atoms with Crippen LogP contribution in [0.2, 0.25) is 0 Å². The summed E-state index contributed by atoms with van der Waals surface area (Å²) in [6, 6.07) is 8.05. The van der Waals surface area contributed by atoms with Crippen LogP contribution in [0, 0.1) is 0 Å². The van der Waals surface area contributed by atoms with E-state index in [9.17, 15) is 4.79 Å². The summed E-state index contributed by atoms with van der Waals surface area (Å²) in [7, 11) is 0. The summed E-state index contributed by atoms with van der Waals surface area (Å²) in [6.45, 7) is 5.86. The van der Waals surface area contributed by atoms with Gasteiger partial charge in [0.1, 0.15) is 0 Å². The maximum Gasteiger partial charge on any atom is 0.252 e. The predicted molar refractivity (Wildman–Crippen MR) is 90.7 cm³/mol. The minimum atomic E-state index is 0. The summed E-state index contributed by atoms with van der Waals surface area (Å²) in [5.74, 6) is 0.0394. The first-order valence-corrected chi connectivity index (χ1v) is 7.90. The van der Waals surface area contributed by atoms with E-state index in [2.05, 4.69) is 21.6 Å². The zero-order valence-electron chi connectivity index (χ0n) is 11.8. The number of benzene rings is 1. The Morgan fingerprint density at radius 2 is 2.05 bits per heavy atom. The van der Waals surface area contributed by atoms with E-state index in [1.54, 1.807) is 11.3 Å². The first kappa shape index (κ1) is 16.2. The van der Waals surface area contributed by atoms with Gasteiger partial charge in [0.2, 0.25) is 0 Å². The van der Waals surface area contributed by atoms with E-state index in [0.717, 1.165) is 43.7 Å². The average Bonchev–Trinajstić information content (AvgIpc) is 2.92. The number of carbonyl (C=O) groups is 1. The second-order valence-electron chi connectivity index (χ2n) is 4.99. The molecule has 0 spiro atoms. The van der Waals surface area contributed by atoms with Crippen molar-refractivity contribution in [3.05, 3.63) is 35.2 Å². The van der Waals surface area contributed by atoms with Crippen molar-refractivity contribution >= 4 is 39.7 Å². The fourth-order valence-electron chi connectivity index (χ4n) is 2.51. The maximum absolute atomic E-state index is 12.2. The lowest BCUT2D eigenvalue weighted by Crippen LogP contribution is -2.46. The van der Waals surface area contributed by atoms with Gasteiger partial charge < -0.3 is 10.6 Å². The first-order valence-electron chi connectivity index (χ1n) is 7.02. The Bertz CT molecular complexity index is 595. The number of nitrogens with one attached hydrogen (secondary N) is 2. The molecule has 114 valence electrons. The van der Waals surface area contributed by atoms with Gasteiger partial charge in [-0.15, -0.1) is 23.7 Å². The molecule has 0 aliphatic carbocycles. The Morgan fingerprint density at radius 1 is 1.29 bits per heavy atom. The van der Waals surface area contributed by atoms with Crippen LogP contribution in [0.5, 0.6) is 0 Å². The number of hydrogen-bond donors (Lipinski definition) is 2. The highest BCUT2D eigenvalue weighted by Crippen LogP contribution is 2.25. The van der Waals surface area contributed by atoms with Crippen molar-refractivity contribution in [3.8, 4) is 0 Å². The molecule has 1 fully saturated rings. The van der Waals surface area contributed by atoms with Crippen LogP contribution in [-0.4, -0.2) is 50.1 Å². The normalized spacial score (nSPS) is 15.6. The third kappa shape index (κ3) is 3.95. The molecule has 21 heavy (non-hydrogen) atoms. The third-order valence-corrected chi connectivity index (χ3v) is 4.61. The van der Waals surface area contributed by atoms with Gasteiger partial charge in [-0.05, 0) is 6.07 Å². The molecule has 0 unspecified atom stereocenters. The summed E-state index contributed by atoms with van der Waals surface area (Å²) < 4.78 is 1.17. The number of halogens is 1. The monoisotopic (exact) mass is 325 g/mol. The highest BCUT2D eigenvalue weighted by molar-refractivity contribution is 7.17. The molecule has 1 aromatic carbocycles. The second-order valence-corrected chi connectivity index (χ2v) is 5.90. The molecule has 1 aliphatic heterocycles. The molecule has 2 aromatic rings. The van der Waals surface area contributed by atoms with Gasteiger partial charge in [-0.3, -0.25) is 9.69 Å². The predicted octanol–water partition coefficient (Wildman–Crippen LogP) is 1.96. The molecule has 0 radical (unpaired) electrons. The Morgan fingerprint density at radius 3 is 2.86 bits per heavy atom. The lowest BCUT2D eigenvalue weighted by Gasteiger charge is -2.27. The van der Waals surface area contributed by atoms with Crippen LogP contribution < -0.4 is 10.6 Å².